The number of aromatic nitrogens is 1. The minimum atomic E-state index is -4.05. The number of carbonyl (C=O) groups is 4. The quantitative estimate of drug-likeness (QED) is 0.165. The van der Waals surface area contributed by atoms with E-state index < -0.39 is 34.0 Å². The Labute approximate surface area is 279 Å². The molecule has 4 N–H and O–H groups in total. The number of amides is 3. The van der Waals surface area contributed by atoms with E-state index in [1.54, 1.807) is 25.1 Å². The molecule has 252 valence electrons. The maximum absolute atomic E-state index is 13.9. The average molecular weight is 706 g/mol. The van der Waals surface area contributed by atoms with Crippen LogP contribution in [0, 0.1) is 0 Å². The van der Waals surface area contributed by atoms with Gasteiger partial charge in [-0.1, -0.05) is 0 Å². The molecule has 4 heterocycles. The zero-order chi connectivity index (χ0) is 33.9. The highest BCUT2D eigenvalue weighted by molar-refractivity contribution is 7.91. The number of nitrogens with one attached hydrogen (secondary N) is 2. The highest BCUT2D eigenvalue weighted by Crippen LogP contribution is 2.33. The Morgan fingerprint density at radius 3 is 2.72 bits per heavy atom. The van der Waals surface area contributed by atoms with Gasteiger partial charge in [-0.15, -0.1) is 22.7 Å². The van der Waals surface area contributed by atoms with E-state index >= 15 is 0 Å². The fourth-order valence-corrected chi connectivity index (χ4v) is 9.32. The molecule has 0 spiro atoms. The third kappa shape index (κ3) is 7.78. The number of nitrogens with zero attached hydrogens (tertiary/aromatic N) is 4. The van der Waals surface area contributed by atoms with Crippen LogP contribution >= 0.6 is 22.7 Å². The highest BCUT2D eigenvalue weighted by atomic mass is 32.2. The van der Waals surface area contributed by atoms with Crippen LogP contribution in [0.5, 0.6) is 0 Å². The zero-order valence-corrected chi connectivity index (χ0v) is 28.4. The summed E-state index contributed by atoms with van der Waals surface area (Å²) in [6, 6.07) is 5.84. The topological polar surface area (TPSA) is 203 Å². The maximum atomic E-state index is 13.9. The van der Waals surface area contributed by atoms with Gasteiger partial charge in [0.15, 0.2) is 5.01 Å². The molecule has 2 atom stereocenters. The lowest BCUT2D eigenvalue weighted by atomic mass is 10.1. The number of piperazine rings is 1. The number of amidine groups is 1. The first-order chi connectivity index (χ1) is 22.4. The van der Waals surface area contributed by atoms with E-state index in [0.717, 1.165) is 21.9 Å². The number of aliphatic imine (C=N–C) groups is 1. The van der Waals surface area contributed by atoms with Crippen LogP contribution in [0.1, 0.15) is 46.2 Å². The predicted octanol–water partition coefficient (Wildman–Crippen LogP) is 1.45. The molecule has 2 aromatic heterocycles. The van der Waals surface area contributed by atoms with Gasteiger partial charge in [0.25, 0.3) is 15.9 Å². The van der Waals surface area contributed by atoms with Crippen LogP contribution in [0.25, 0.3) is 10.1 Å². The van der Waals surface area contributed by atoms with Crippen molar-refractivity contribution in [1.29, 1.82) is 0 Å². The minimum absolute atomic E-state index is 0.00305. The Balaban J connectivity index is 1.38. The first kappa shape index (κ1) is 34.4. The van der Waals surface area contributed by atoms with Gasteiger partial charge in [0.05, 0.1) is 25.5 Å². The molecule has 2 unspecified atom stereocenters. The van der Waals surface area contributed by atoms with E-state index in [9.17, 15) is 27.6 Å². The summed E-state index contributed by atoms with van der Waals surface area (Å²) in [6.07, 6.45) is -0.416. The molecule has 0 radical (unpaired) electrons. The third-order valence-electron chi connectivity index (χ3n) is 7.70. The van der Waals surface area contributed by atoms with Crippen molar-refractivity contribution in [2.45, 2.75) is 49.5 Å². The van der Waals surface area contributed by atoms with Gasteiger partial charge in [-0.25, -0.2) is 18.2 Å². The van der Waals surface area contributed by atoms with E-state index in [-0.39, 0.29) is 66.2 Å². The number of nitrogens with two attached hydrogens (primary N) is 1. The lowest BCUT2D eigenvalue weighted by Crippen LogP contribution is -2.57. The Kier molecular flexibility index (Phi) is 10.5. The molecule has 1 fully saturated rings. The molecule has 0 saturated carbocycles. The summed E-state index contributed by atoms with van der Waals surface area (Å²) in [4.78, 5) is 60.8. The molecule has 0 bridgehead atoms. The van der Waals surface area contributed by atoms with Gasteiger partial charge in [-0.05, 0) is 43.5 Å². The molecule has 1 saturated heterocycles. The molecule has 18 heteroatoms. The Bertz CT molecular complexity index is 1840. The van der Waals surface area contributed by atoms with Crippen molar-refractivity contribution in [1.82, 2.24) is 24.8 Å². The second-order valence-electron chi connectivity index (χ2n) is 11.0. The fraction of sp³-hybridized carbons (Fsp3) is 0.448. The van der Waals surface area contributed by atoms with Crippen LogP contribution in [-0.2, 0) is 42.1 Å². The van der Waals surface area contributed by atoms with Crippen LogP contribution in [0.4, 0.5) is 4.79 Å². The number of thiazole rings is 1. The smallest absolute Gasteiger partial charge is 0.435 e. The van der Waals surface area contributed by atoms with Gasteiger partial charge >= 0.3 is 12.1 Å². The fourth-order valence-electron chi connectivity index (χ4n) is 5.32. The molecule has 47 heavy (non-hydrogen) atoms. The number of esters is 1. The SMILES string of the molecule is CCOC(=O)CNC(=O)CC1CN(S(=O)(=O)c2cc3cc(C(N)=NC(=O)OC)ccc3s2)CCN1C(=O)c1nc2c(s1)CNC(C)C2. The number of sulfonamides is 1. The number of benzene rings is 1. The summed E-state index contributed by atoms with van der Waals surface area (Å²) in [5, 5.41) is 6.72. The van der Waals surface area contributed by atoms with E-state index in [4.69, 9.17) is 10.5 Å². The van der Waals surface area contributed by atoms with Crippen molar-refractivity contribution in [2.75, 3.05) is 39.9 Å². The molecule has 3 aromatic rings. The van der Waals surface area contributed by atoms with Crippen molar-refractivity contribution in [2.24, 2.45) is 10.7 Å². The monoisotopic (exact) mass is 705 g/mol. The van der Waals surface area contributed by atoms with Crippen LogP contribution in [0.15, 0.2) is 33.5 Å². The molecular weight excluding hydrogens is 671 g/mol. The number of hydrogen-bond donors (Lipinski definition) is 3. The number of thiophene rings is 1. The number of ether oxygens (including phenoxy) is 2. The van der Waals surface area contributed by atoms with Crippen LogP contribution in [-0.4, -0.2) is 104 Å². The van der Waals surface area contributed by atoms with Gasteiger partial charge in [-0.2, -0.15) is 9.30 Å². The van der Waals surface area contributed by atoms with E-state index in [1.807, 2.05) is 6.92 Å². The van der Waals surface area contributed by atoms with Crippen molar-refractivity contribution < 1.29 is 37.1 Å². The van der Waals surface area contributed by atoms with E-state index in [1.165, 1.54) is 33.7 Å². The predicted molar refractivity (Wildman–Crippen MR) is 175 cm³/mol. The van der Waals surface area contributed by atoms with Crippen molar-refractivity contribution in [3.8, 4) is 0 Å². The molecule has 3 amide bonds. The number of rotatable bonds is 9. The van der Waals surface area contributed by atoms with E-state index in [0.29, 0.717) is 28.6 Å². The van der Waals surface area contributed by atoms with E-state index in [2.05, 4.69) is 25.3 Å². The van der Waals surface area contributed by atoms with Crippen LogP contribution < -0.4 is 16.4 Å². The zero-order valence-electron chi connectivity index (χ0n) is 26.0. The number of hydrogen-bond acceptors (Lipinski definition) is 12. The Morgan fingerprint density at radius 2 is 1.98 bits per heavy atom. The van der Waals surface area contributed by atoms with Gasteiger partial charge in [-0.3, -0.25) is 14.4 Å². The summed E-state index contributed by atoms with van der Waals surface area (Å²) in [7, 11) is -2.87. The molecule has 5 rings (SSSR count). The second-order valence-corrected chi connectivity index (χ2v) is 15.3. The van der Waals surface area contributed by atoms with Gasteiger partial charge in [0.1, 0.15) is 16.6 Å². The standard InChI is InChI=1S/C29H35N7O8S3/c1-4-44-24(38)14-32-23(37)12-19-15-35(7-8-36(19)28(39)27-33-20-9-16(2)31-13-22(20)46-27)47(41,42)25-11-18-10-17(5-6-21(18)45-25)26(30)34-29(40)43-3/h5-6,10-11,16,19,31H,4,7-9,12-15H2,1-3H3,(H,32,37)(H2,30,34,40). The number of carbonyl (C=O) groups excluding carboxylic acids is 4. The third-order valence-corrected chi connectivity index (χ3v) is 12.2. The summed E-state index contributed by atoms with van der Waals surface area (Å²) >= 11 is 2.35. The van der Waals surface area contributed by atoms with Crippen molar-refractivity contribution in [3.05, 3.63) is 45.4 Å². The lowest BCUT2D eigenvalue weighted by molar-refractivity contribution is -0.143. The number of fused-ring (bicyclic) bond motifs is 2. The summed E-state index contributed by atoms with van der Waals surface area (Å²) in [5.41, 5.74) is 7.20. The minimum Gasteiger partial charge on any atom is -0.465 e. The first-order valence-electron chi connectivity index (χ1n) is 14.8. The van der Waals surface area contributed by atoms with Crippen molar-refractivity contribution in [3.63, 3.8) is 0 Å². The lowest BCUT2D eigenvalue weighted by Gasteiger charge is -2.40. The molecule has 0 aliphatic carbocycles. The molecular formula is C29H35N7O8S3. The summed E-state index contributed by atoms with van der Waals surface area (Å²) < 4.78 is 39.2. The molecule has 1 aromatic carbocycles. The number of methoxy groups -OCH3 is 1. The second kappa shape index (κ2) is 14.4. The van der Waals surface area contributed by atoms with Gasteiger partial charge in [0, 0.05) is 60.2 Å². The van der Waals surface area contributed by atoms with Crippen LogP contribution in [0.2, 0.25) is 0 Å². The van der Waals surface area contributed by atoms with Crippen molar-refractivity contribution >= 4 is 72.5 Å². The maximum Gasteiger partial charge on any atom is 0.435 e. The Morgan fingerprint density at radius 1 is 1.19 bits per heavy atom. The largest absolute Gasteiger partial charge is 0.465 e. The first-order valence-corrected chi connectivity index (χ1v) is 17.9. The van der Waals surface area contributed by atoms with Gasteiger partial charge < -0.3 is 30.7 Å². The molecule has 2 aliphatic rings. The average Bonchev–Trinajstić information content (AvgIpc) is 3.68. The Hall–Kier alpha value is -3.97. The van der Waals surface area contributed by atoms with Gasteiger partial charge in [0.2, 0.25) is 5.91 Å². The normalized spacial score (nSPS) is 18.9. The summed E-state index contributed by atoms with van der Waals surface area (Å²) in [5.74, 6) is -1.59. The summed E-state index contributed by atoms with van der Waals surface area (Å²) in [6.45, 7) is 3.98. The molecule has 15 nitrogen and oxygen atoms in total. The van der Waals surface area contributed by atoms with Crippen LogP contribution in [0.3, 0.4) is 0 Å². The highest BCUT2D eigenvalue weighted by Gasteiger charge is 2.39. The molecule has 2 aliphatic heterocycles.